The lowest BCUT2D eigenvalue weighted by atomic mass is 10.2. The number of methoxy groups -OCH3 is 1. The van der Waals surface area contributed by atoms with Crippen LogP contribution >= 0.6 is 0 Å². The van der Waals surface area contributed by atoms with Crippen molar-refractivity contribution < 1.29 is 9.22 Å². The van der Waals surface area contributed by atoms with Crippen molar-refractivity contribution in [3.8, 4) is 0 Å². The van der Waals surface area contributed by atoms with Crippen molar-refractivity contribution >= 4 is 0 Å². The quantitative estimate of drug-likeness (QED) is 0.554. The Bertz CT molecular complexity index is 92.2. The fourth-order valence-corrected chi connectivity index (χ4v) is 1.02. The summed E-state index contributed by atoms with van der Waals surface area (Å²) in [5.41, 5.74) is 0. The van der Waals surface area contributed by atoms with E-state index in [2.05, 4.69) is 28.1 Å². The Morgan fingerprint density at radius 3 is 2.09 bits per heavy atom. The van der Waals surface area contributed by atoms with Gasteiger partial charge in [0.15, 0.2) is 0 Å². The van der Waals surface area contributed by atoms with Gasteiger partial charge in [0.2, 0.25) is 0 Å². The van der Waals surface area contributed by atoms with E-state index in [1.165, 1.54) is 6.54 Å². The van der Waals surface area contributed by atoms with Crippen molar-refractivity contribution in [1.82, 2.24) is 0 Å². The smallest absolute Gasteiger partial charge is 0.0805 e. The highest BCUT2D eigenvalue weighted by molar-refractivity contribution is 4.52. The third-order valence-electron chi connectivity index (χ3n) is 1.91. The van der Waals surface area contributed by atoms with Crippen LogP contribution in [0.1, 0.15) is 19.8 Å². The number of ether oxygens (including phenoxy) is 1. The van der Waals surface area contributed by atoms with E-state index in [1.54, 1.807) is 7.11 Å². The molecule has 68 valence electrons. The van der Waals surface area contributed by atoms with Crippen molar-refractivity contribution in [2.24, 2.45) is 0 Å². The van der Waals surface area contributed by atoms with E-state index in [-0.39, 0.29) is 0 Å². The zero-order valence-corrected chi connectivity index (χ0v) is 8.55. The summed E-state index contributed by atoms with van der Waals surface area (Å²) in [5.74, 6) is 0. The van der Waals surface area contributed by atoms with Crippen LogP contribution in [0, 0.1) is 0 Å². The summed E-state index contributed by atoms with van der Waals surface area (Å²) in [5, 5.41) is 0. The van der Waals surface area contributed by atoms with Gasteiger partial charge in [-0.1, -0.05) is 6.92 Å². The first-order chi connectivity index (χ1) is 4.99. The minimum absolute atomic E-state index is 0.451. The molecular formula is C9H22NO+. The van der Waals surface area contributed by atoms with Crippen LogP contribution in [0.4, 0.5) is 0 Å². The van der Waals surface area contributed by atoms with Crippen LogP contribution in [0.2, 0.25) is 0 Å². The topological polar surface area (TPSA) is 9.23 Å². The maximum atomic E-state index is 5.28. The number of nitrogens with zero attached hydrogens (tertiary/aromatic N) is 1. The molecule has 11 heavy (non-hydrogen) atoms. The van der Waals surface area contributed by atoms with E-state index in [0.717, 1.165) is 17.3 Å². The molecule has 0 aliphatic heterocycles. The molecule has 0 saturated carbocycles. The van der Waals surface area contributed by atoms with Gasteiger partial charge in [0.25, 0.3) is 0 Å². The van der Waals surface area contributed by atoms with Crippen LogP contribution in [0.25, 0.3) is 0 Å². The number of hydrogen-bond donors (Lipinski definition) is 0. The van der Waals surface area contributed by atoms with Gasteiger partial charge in [0.05, 0.1) is 33.8 Å². The monoisotopic (exact) mass is 160 g/mol. The minimum atomic E-state index is 0.451. The minimum Gasteiger partial charge on any atom is -0.381 e. The number of hydrogen-bond acceptors (Lipinski definition) is 1. The Morgan fingerprint density at radius 1 is 1.27 bits per heavy atom. The zero-order valence-electron chi connectivity index (χ0n) is 8.55. The summed E-state index contributed by atoms with van der Waals surface area (Å²) < 4.78 is 6.31. The third-order valence-corrected chi connectivity index (χ3v) is 1.91. The second-order valence-electron chi connectivity index (χ2n) is 4.07. The second-order valence-corrected chi connectivity index (χ2v) is 4.07. The van der Waals surface area contributed by atoms with Gasteiger partial charge in [0, 0.05) is 13.5 Å². The van der Waals surface area contributed by atoms with Crippen LogP contribution in [-0.2, 0) is 4.74 Å². The van der Waals surface area contributed by atoms with Gasteiger partial charge in [-0.2, -0.15) is 0 Å². The molecular weight excluding hydrogens is 138 g/mol. The lowest BCUT2D eigenvalue weighted by molar-refractivity contribution is -0.870. The van der Waals surface area contributed by atoms with Crippen molar-refractivity contribution in [2.45, 2.75) is 25.9 Å². The van der Waals surface area contributed by atoms with E-state index in [4.69, 9.17) is 4.74 Å². The Labute approximate surface area is 70.7 Å². The number of rotatable bonds is 5. The molecule has 0 aromatic rings. The van der Waals surface area contributed by atoms with Gasteiger partial charge < -0.3 is 9.22 Å². The molecule has 0 radical (unpaired) electrons. The molecule has 1 atom stereocenters. The Kier molecular flexibility index (Phi) is 4.69. The second kappa shape index (κ2) is 4.73. The van der Waals surface area contributed by atoms with Gasteiger partial charge in [-0.25, -0.2) is 0 Å². The predicted molar refractivity (Wildman–Crippen MR) is 48.6 cm³/mol. The Morgan fingerprint density at radius 2 is 1.82 bits per heavy atom. The average Bonchev–Trinajstić information content (AvgIpc) is 1.88. The van der Waals surface area contributed by atoms with Crippen molar-refractivity contribution in [3.05, 3.63) is 0 Å². The van der Waals surface area contributed by atoms with E-state index >= 15 is 0 Å². The molecule has 0 aliphatic carbocycles. The lowest BCUT2D eigenvalue weighted by Gasteiger charge is -2.25. The van der Waals surface area contributed by atoms with Crippen molar-refractivity contribution in [3.63, 3.8) is 0 Å². The Balaban J connectivity index is 3.51. The first kappa shape index (κ1) is 10.9. The molecule has 0 N–H and O–H groups in total. The molecule has 0 aliphatic rings. The van der Waals surface area contributed by atoms with E-state index in [1.807, 2.05) is 0 Å². The van der Waals surface area contributed by atoms with Gasteiger partial charge >= 0.3 is 0 Å². The first-order valence-corrected chi connectivity index (χ1v) is 4.33. The molecule has 0 saturated heterocycles. The van der Waals surface area contributed by atoms with Gasteiger partial charge in [0.1, 0.15) is 0 Å². The average molecular weight is 160 g/mol. The molecule has 0 fully saturated rings. The molecule has 0 spiro atoms. The van der Waals surface area contributed by atoms with E-state index in [0.29, 0.717) is 6.10 Å². The largest absolute Gasteiger partial charge is 0.381 e. The van der Waals surface area contributed by atoms with Crippen LogP contribution in [0.15, 0.2) is 0 Å². The fraction of sp³-hybridized carbons (Fsp3) is 1.00. The molecule has 2 nitrogen and oxygen atoms in total. The summed E-state index contributed by atoms with van der Waals surface area (Å²) in [6, 6.07) is 0. The summed E-state index contributed by atoms with van der Waals surface area (Å²) >= 11 is 0. The van der Waals surface area contributed by atoms with E-state index < -0.39 is 0 Å². The molecule has 0 aromatic carbocycles. The number of quaternary nitrogens is 1. The highest BCUT2D eigenvalue weighted by Crippen LogP contribution is 2.04. The highest BCUT2D eigenvalue weighted by Gasteiger charge is 2.11. The van der Waals surface area contributed by atoms with Crippen LogP contribution < -0.4 is 0 Å². The standard InChI is InChI=1S/C9H22NO/c1-6-9(11-5)7-8-10(2,3)4/h9H,6-8H2,1-5H3/q+1. The normalized spacial score (nSPS) is 15.0. The molecule has 0 rings (SSSR count). The summed E-state index contributed by atoms with van der Waals surface area (Å²) in [6.07, 6.45) is 2.74. The third kappa shape index (κ3) is 6.32. The van der Waals surface area contributed by atoms with E-state index in [9.17, 15) is 0 Å². The van der Waals surface area contributed by atoms with Gasteiger partial charge in [-0.05, 0) is 6.42 Å². The van der Waals surface area contributed by atoms with Crippen LogP contribution in [-0.4, -0.2) is 45.4 Å². The first-order valence-electron chi connectivity index (χ1n) is 4.33. The fourth-order valence-electron chi connectivity index (χ4n) is 1.02. The van der Waals surface area contributed by atoms with Crippen LogP contribution in [0.5, 0.6) is 0 Å². The summed E-state index contributed by atoms with van der Waals surface area (Å²) in [4.78, 5) is 0. The molecule has 0 amide bonds. The maximum Gasteiger partial charge on any atom is 0.0805 e. The SMILES string of the molecule is CCC(CC[N+](C)(C)C)OC. The molecule has 0 heterocycles. The molecule has 0 aromatic heterocycles. The zero-order chi connectivity index (χ0) is 8.91. The van der Waals surface area contributed by atoms with Gasteiger partial charge in [-0.15, -0.1) is 0 Å². The summed E-state index contributed by atoms with van der Waals surface area (Å²) in [6.45, 7) is 3.36. The maximum absolute atomic E-state index is 5.28. The lowest BCUT2D eigenvalue weighted by Crippen LogP contribution is -2.37. The summed E-state index contributed by atoms with van der Waals surface area (Å²) in [7, 11) is 8.43. The predicted octanol–water partition coefficient (Wildman–Crippen LogP) is 1.51. The molecule has 1 unspecified atom stereocenters. The molecule has 0 bridgehead atoms. The molecule has 2 heteroatoms. The van der Waals surface area contributed by atoms with Crippen molar-refractivity contribution in [2.75, 3.05) is 34.8 Å². The Hall–Kier alpha value is -0.0800. The van der Waals surface area contributed by atoms with Crippen molar-refractivity contribution in [1.29, 1.82) is 0 Å². The van der Waals surface area contributed by atoms with Crippen LogP contribution in [0.3, 0.4) is 0 Å². The highest BCUT2D eigenvalue weighted by atomic mass is 16.5. The van der Waals surface area contributed by atoms with Gasteiger partial charge in [-0.3, -0.25) is 0 Å².